The van der Waals surface area contributed by atoms with Crippen LogP contribution in [0.5, 0.6) is 0 Å². The molecule has 3 saturated heterocycles. The van der Waals surface area contributed by atoms with E-state index >= 15 is 0 Å². The topological polar surface area (TPSA) is 194 Å². The Labute approximate surface area is 641 Å². The molecule has 3 heterocycles. The maximum Gasteiger partial charge on any atom is 0.186 e. The van der Waals surface area contributed by atoms with E-state index in [4.69, 9.17) is 96.1 Å². The zero-order chi connectivity index (χ0) is 74.8. The van der Waals surface area contributed by atoms with Crippen molar-refractivity contribution in [3.63, 3.8) is 0 Å². The first-order valence-corrected chi connectivity index (χ1v) is 57.7. The molecule has 0 bridgehead atoms. The van der Waals surface area contributed by atoms with E-state index in [1.807, 2.05) is 20.8 Å². The summed E-state index contributed by atoms with van der Waals surface area (Å²) >= 11 is 0. The van der Waals surface area contributed by atoms with Gasteiger partial charge in [-0.05, 0) is 97.8 Å². The third kappa shape index (κ3) is 50.5. The minimum Gasteiger partial charge on any atom is -0.370 e. The first kappa shape index (κ1) is 113. The Kier molecular flexibility index (Phi) is 87.8. The summed E-state index contributed by atoms with van der Waals surface area (Å²) < 4.78 is 113. The van der Waals surface area contributed by atoms with Crippen LogP contribution in [0.25, 0.3) is 0 Å². The number of methoxy groups -OCH3 is 2. The summed E-state index contributed by atoms with van der Waals surface area (Å²) in [6.45, 7) is 28.7. The molecule has 0 amide bonds. The van der Waals surface area contributed by atoms with Crippen LogP contribution in [0.3, 0.4) is 0 Å². The monoisotopic (exact) mass is 1840 g/mol. The molecule has 45 heteroatoms. The summed E-state index contributed by atoms with van der Waals surface area (Å²) in [5.41, 5.74) is -0.305. The van der Waals surface area contributed by atoms with Gasteiger partial charge in [-0.2, -0.15) is 0 Å². The fourth-order valence-corrected chi connectivity index (χ4v) is 20.4. The molecule has 0 spiro atoms. The SMILES string of the molecule is CCC[C@@H](COP)OPP.CCC[C@@](C)(COP)OPP.CCC[C@H](OPP)C(C)(C)OP.CCC[C@H](OPP)C(CC)OP.CC[C@H]1OC(C)C(OP)[C@H]1OPP.CC[C@H]1OC(OC)C(OP)[C@H]1OPP.CC[C@H]1OC(OC)C(OP)[C@H]1OPP.C[C@H]1CC(OP)[C@@H](OPP)C1. The van der Waals surface area contributed by atoms with Crippen molar-refractivity contribution in [1.29, 1.82) is 0 Å². The molecule has 0 radical (unpaired) electrons. The van der Waals surface area contributed by atoms with Crippen molar-refractivity contribution in [2.75, 3.05) is 27.4 Å². The lowest BCUT2D eigenvalue weighted by atomic mass is 9.98. The van der Waals surface area contributed by atoms with E-state index in [1.54, 1.807) is 14.2 Å². The van der Waals surface area contributed by atoms with Crippen molar-refractivity contribution < 1.29 is 96.1 Å². The minimum absolute atomic E-state index is 0.0433. The third-order valence-corrected chi connectivity index (χ3v) is 24.6. The Morgan fingerprint density at radius 2 is 0.918 bits per heavy atom. The molecule has 0 aromatic heterocycles. The molecular weight excluding hydrogens is 1700 g/mol. The summed E-state index contributed by atoms with van der Waals surface area (Å²) in [6, 6.07) is 0. The largest absolute Gasteiger partial charge is 0.370 e. The highest BCUT2D eigenvalue weighted by Crippen LogP contribution is 2.41. The van der Waals surface area contributed by atoms with Gasteiger partial charge in [0.25, 0.3) is 0 Å². The highest BCUT2D eigenvalue weighted by Gasteiger charge is 2.47. The number of hydrogen-bond donors (Lipinski definition) is 0. The molecule has 4 fully saturated rings. The molecule has 32 unspecified atom stereocenters. The van der Waals surface area contributed by atoms with Gasteiger partial charge < -0.3 is 96.1 Å². The van der Waals surface area contributed by atoms with E-state index in [1.165, 1.54) is 0 Å². The Morgan fingerprint density at radius 1 is 0.464 bits per heavy atom. The zero-order valence-corrected chi connectivity index (χ0v) is 86.6. The van der Waals surface area contributed by atoms with Gasteiger partial charge in [0.2, 0.25) is 0 Å². The van der Waals surface area contributed by atoms with E-state index in [-0.39, 0.29) is 109 Å². The number of ether oxygens (including phenoxy) is 5. The molecule has 3 aliphatic heterocycles. The molecule has 44 atom stereocenters. The summed E-state index contributed by atoms with van der Waals surface area (Å²) in [7, 11) is 45.6. The van der Waals surface area contributed by atoms with Crippen molar-refractivity contribution >= 4 is 215 Å². The molecule has 97 heavy (non-hydrogen) atoms. The van der Waals surface area contributed by atoms with Crippen molar-refractivity contribution in [1.82, 2.24) is 0 Å². The van der Waals surface area contributed by atoms with Crippen LogP contribution < -0.4 is 0 Å². The van der Waals surface area contributed by atoms with Gasteiger partial charge in [-0.3, -0.25) is 0 Å². The first-order valence-electron chi connectivity index (χ1n) is 32.2. The van der Waals surface area contributed by atoms with E-state index in [2.05, 4.69) is 216 Å². The lowest BCUT2D eigenvalue weighted by Gasteiger charge is -2.32. The summed E-state index contributed by atoms with van der Waals surface area (Å²) in [6.07, 6.45) is 15.8. The van der Waals surface area contributed by atoms with Crippen LogP contribution in [0.4, 0.5) is 0 Å². The van der Waals surface area contributed by atoms with Crippen LogP contribution in [-0.4, -0.2) is 149 Å². The van der Waals surface area contributed by atoms with Gasteiger partial charge in [0, 0.05) is 158 Å². The van der Waals surface area contributed by atoms with E-state index < -0.39 is 0 Å². The Balaban J connectivity index is -0.000000511. The second-order valence-corrected chi connectivity index (χ2v) is 34.3. The van der Waals surface area contributed by atoms with Crippen molar-refractivity contribution in [3.05, 3.63) is 0 Å². The standard InChI is InChI=1S/2C7H17O4P3.C7H17O3P3.2C7H19O2P3.C6H15O2P3.C6H17O2P3.C5H15O2P3/c2*1-3-4-5(11-14-13)6(10-12)7(8-2)9-4;1-3-5-7(10-13-12)6(9-11)4(2)8-5;1-4-5-6(8-12-11)7(2,3)9-10;1-3-5-7(9-12-11)6(4-2)8-10;1-4-2-5(7-9)6(3-4)8-11-10;1-3-4-6(2,5-7-9)8-11-10;1-2-3-5(4-6-8)7-10-9/h2*4-7,14H,3,12-13H2,1-2H3;4-7,13H,3,11-12H2,1-2H3;6,12H,4-5,10-11H2,1-3H3;6-7,12H,3-5,10-11H2,1-2H3;4-6,11H,2-3,9-10H2,1H3;11H,3-5,9-10H2,1-2H3;5,10H,2-4,8-9H2,1H3/t2*4-,5+,6?,7?;4?,5-,6?,7+;6-;6?,7-;4-,5?,6-;6-;5-/m11100000/s1. The Hall–Kier alpha value is 9.48. The molecule has 0 N–H and O–H groups in total. The highest BCUT2D eigenvalue weighted by atomic mass is 32.0. The van der Waals surface area contributed by atoms with Crippen LogP contribution in [-0.2, 0) is 96.1 Å². The van der Waals surface area contributed by atoms with Gasteiger partial charge in [-0.25, -0.2) is 0 Å². The van der Waals surface area contributed by atoms with E-state index in [0.29, 0.717) is 93.4 Å². The van der Waals surface area contributed by atoms with Crippen LogP contribution in [0, 0.1) is 5.92 Å². The third-order valence-electron chi connectivity index (χ3n) is 15.1. The number of hydrogen-bond acceptors (Lipinski definition) is 21. The van der Waals surface area contributed by atoms with E-state index in [0.717, 1.165) is 95.8 Å². The fraction of sp³-hybridized carbons (Fsp3) is 1.00. The predicted octanol–water partition coefficient (Wildman–Crippen LogP) is 19.3. The molecule has 4 aliphatic rings. The summed E-state index contributed by atoms with van der Waals surface area (Å²) in [5, 5.41) is 0. The lowest BCUT2D eigenvalue weighted by Crippen LogP contribution is -2.37. The van der Waals surface area contributed by atoms with Crippen LogP contribution in [0.15, 0.2) is 0 Å². The second-order valence-electron chi connectivity index (χ2n) is 22.7. The van der Waals surface area contributed by atoms with Crippen LogP contribution >= 0.6 is 215 Å². The molecule has 1 aliphatic carbocycles. The summed E-state index contributed by atoms with van der Waals surface area (Å²) in [4.78, 5) is 0. The average Bonchev–Trinajstić information content (AvgIpc) is 1.72. The highest BCUT2D eigenvalue weighted by molar-refractivity contribution is 8.01. The van der Waals surface area contributed by atoms with Gasteiger partial charge in [-0.1, -0.05) is 159 Å². The Bertz CT molecular complexity index is 1610. The number of rotatable bonds is 42. The maximum atomic E-state index is 5.71. The fourth-order valence-electron chi connectivity index (χ4n) is 10.2. The summed E-state index contributed by atoms with van der Waals surface area (Å²) in [5.74, 6) is 0.742. The molecule has 0 aromatic rings. The predicted molar refractivity (Wildman–Crippen MR) is 482 cm³/mol. The van der Waals surface area contributed by atoms with E-state index in [9.17, 15) is 0 Å². The van der Waals surface area contributed by atoms with Gasteiger partial charge in [-0.15, -0.1) is 0 Å². The maximum absolute atomic E-state index is 5.71. The minimum atomic E-state index is -0.330. The van der Waals surface area contributed by atoms with Gasteiger partial charge in [0.1, 0.15) is 36.6 Å². The zero-order valence-electron chi connectivity index (χ0n) is 60.1. The first-order chi connectivity index (χ1) is 46.5. The normalized spacial score (nSPS) is 28.5. The van der Waals surface area contributed by atoms with Crippen molar-refractivity contribution in [3.8, 4) is 0 Å². The van der Waals surface area contributed by atoms with Gasteiger partial charge in [0.05, 0.1) is 85.5 Å². The average molecular weight is 1840 g/mol. The van der Waals surface area contributed by atoms with Gasteiger partial charge >= 0.3 is 0 Å². The quantitative estimate of drug-likeness (QED) is 0.0523. The van der Waals surface area contributed by atoms with Crippen molar-refractivity contribution in [2.45, 2.75) is 301 Å². The molecule has 21 nitrogen and oxygen atoms in total. The second kappa shape index (κ2) is 75.5. The van der Waals surface area contributed by atoms with Crippen molar-refractivity contribution in [2.24, 2.45) is 5.92 Å². The molecular formula is C52H136O21P24. The molecule has 1 saturated carbocycles. The smallest absolute Gasteiger partial charge is 0.186 e. The lowest BCUT2D eigenvalue weighted by molar-refractivity contribution is -0.141. The molecule has 590 valence electrons. The van der Waals surface area contributed by atoms with Gasteiger partial charge in [0.15, 0.2) is 12.6 Å². The van der Waals surface area contributed by atoms with Crippen LogP contribution in [0.2, 0.25) is 0 Å². The molecule has 4 rings (SSSR count). The Morgan fingerprint density at radius 3 is 1.26 bits per heavy atom. The van der Waals surface area contributed by atoms with Crippen LogP contribution in [0.1, 0.15) is 180 Å². The molecule has 0 aromatic carbocycles.